The van der Waals surface area contributed by atoms with Crippen LogP contribution in [-0.2, 0) is 4.74 Å². The minimum atomic E-state index is -0.321. The zero-order valence-corrected chi connectivity index (χ0v) is 12.2. The third kappa shape index (κ3) is 2.54. The van der Waals surface area contributed by atoms with Gasteiger partial charge in [-0.2, -0.15) is 0 Å². The van der Waals surface area contributed by atoms with Crippen molar-refractivity contribution in [3.05, 3.63) is 42.1 Å². The van der Waals surface area contributed by atoms with Gasteiger partial charge in [0.1, 0.15) is 11.4 Å². The fourth-order valence-corrected chi connectivity index (χ4v) is 2.27. The molecule has 0 spiro atoms. The Balaban J connectivity index is 2.50. The molecule has 0 bridgehead atoms. The number of carbonyl (C=O) groups is 1. The summed E-state index contributed by atoms with van der Waals surface area (Å²) in [5, 5.41) is 0. The number of methoxy groups -OCH3 is 2. The van der Waals surface area contributed by atoms with E-state index in [1.165, 1.54) is 7.11 Å². The molecule has 4 nitrogen and oxygen atoms in total. The molecule has 1 aromatic heterocycles. The molecular formula is C16H19NO3. The van der Waals surface area contributed by atoms with E-state index in [2.05, 4.69) is 0 Å². The van der Waals surface area contributed by atoms with Crippen molar-refractivity contribution in [1.82, 2.24) is 4.57 Å². The van der Waals surface area contributed by atoms with E-state index in [1.807, 2.05) is 48.7 Å². The van der Waals surface area contributed by atoms with E-state index in [-0.39, 0.29) is 12.0 Å². The van der Waals surface area contributed by atoms with Crippen LogP contribution in [0.25, 0.3) is 11.3 Å². The molecular weight excluding hydrogens is 254 g/mol. The highest BCUT2D eigenvalue weighted by Gasteiger charge is 2.18. The van der Waals surface area contributed by atoms with Crippen LogP contribution in [0.3, 0.4) is 0 Å². The molecule has 0 aliphatic rings. The van der Waals surface area contributed by atoms with Crippen LogP contribution in [0, 0.1) is 0 Å². The van der Waals surface area contributed by atoms with Crippen LogP contribution >= 0.6 is 0 Å². The number of ether oxygens (including phenoxy) is 2. The minimum absolute atomic E-state index is 0.163. The van der Waals surface area contributed by atoms with Crippen molar-refractivity contribution in [2.24, 2.45) is 0 Å². The zero-order chi connectivity index (χ0) is 14.7. The van der Waals surface area contributed by atoms with E-state index < -0.39 is 0 Å². The Hall–Kier alpha value is -2.23. The molecule has 20 heavy (non-hydrogen) atoms. The molecule has 0 saturated carbocycles. The molecule has 0 unspecified atom stereocenters. The maximum absolute atomic E-state index is 11.8. The molecule has 0 N–H and O–H groups in total. The van der Waals surface area contributed by atoms with Crippen LogP contribution in [0.2, 0.25) is 0 Å². The Labute approximate surface area is 118 Å². The number of hydrogen-bond acceptors (Lipinski definition) is 3. The average Bonchev–Trinajstić information content (AvgIpc) is 2.91. The highest BCUT2D eigenvalue weighted by Crippen LogP contribution is 2.28. The molecule has 4 heteroatoms. The number of carbonyl (C=O) groups excluding carboxylic acids is 1. The standard InChI is InChI=1S/C16H19NO3/c1-11(2)17-14(9-10-15(17)16(18)20-4)12-5-7-13(19-3)8-6-12/h5-11H,1-4H3. The lowest BCUT2D eigenvalue weighted by Gasteiger charge is -2.16. The normalized spacial score (nSPS) is 10.7. The lowest BCUT2D eigenvalue weighted by atomic mass is 10.1. The molecule has 0 radical (unpaired) electrons. The van der Waals surface area contributed by atoms with Gasteiger partial charge in [-0.05, 0) is 55.8 Å². The maximum atomic E-state index is 11.8. The fourth-order valence-electron chi connectivity index (χ4n) is 2.27. The first kappa shape index (κ1) is 14.2. The third-order valence-corrected chi connectivity index (χ3v) is 3.21. The smallest absolute Gasteiger partial charge is 0.354 e. The summed E-state index contributed by atoms with van der Waals surface area (Å²) in [4.78, 5) is 11.8. The van der Waals surface area contributed by atoms with Crippen molar-refractivity contribution in [3.8, 4) is 17.0 Å². The van der Waals surface area contributed by atoms with Crippen LogP contribution in [0.1, 0.15) is 30.4 Å². The summed E-state index contributed by atoms with van der Waals surface area (Å²) in [5.41, 5.74) is 2.59. The van der Waals surface area contributed by atoms with Gasteiger partial charge in [0, 0.05) is 11.7 Å². The fraction of sp³-hybridized carbons (Fsp3) is 0.312. The maximum Gasteiger partial charge on any atom is 0.354 e. The van der Waals surface area contributed by atoms with Gasteiger partial charge in [-0.15, -0.1) is 0 Å². The quantitative estimate of drug-likeness (QED) is 0.800. The second-order valence-corrected chi connectivity index (χ2v) is 4.79. The Kier molecular flexibility index (Phi) is 4.13. The first-order chi connectivity index (χ1) is 9.58. The molecule has 1 aromatic carbocycles. The molecule has 0 fully saturated rings. The van der Waals surface area contributed by atoms with E-state index in [4.69, 9.17) is 9.47 Å². The van der Waals surface area contributed by atoms with Crippen molar-refractivity contribution in [3.63, 3.8) is 0 Å². The van der Waals surface area contributed by atoms with Crippen molar-refractivity contribution in [1.29, 1.82) is 0 Å². The molecule has 2 aromatic rings. The molecule has 0 atom stereocenters. The number of rotatable bonds is 4. The van der Waals surface area contributed by atoms with Gasteiger partial charge in [-0.3, -0.25) is 0 Å². The number of aromatic nitrogens is 1. The Bertz CT molecular complexity index is 597. The second kappa shape index (κ2) is 5.82. The predicted octanol–water partition coefficient (Wildman–Crippen LogP) is 3.53. The van der Waals surface area contributed by atoms with Crippen molar-refractivity contribution in [2.75, 3.05) is 14.2 Å². The van der Waals surface area contributed by atoms with E-state index >= 15 is 0 Å². The molecule has 2 rings (SSSR count). The Morgan fingerprint density at radius 1 is 1.05 bits per heavy atom. The highest BCUT2D eigenvalue weighted by molar-refractivity contribution is 5.89. The van der Waals surface area contributed by atoms with Gasteiger partial charge in [0.2, 0.25) is 0 Å². The lowest BCUT2D eigenvalue weighted by Crippen LogP contribution is -2.13. The zero-order valence-electron chi connectivity index (χ0n) is 12.2. The molecule has 0 amide bonds. The number of esters is 1. The van der Waals surface area contributed by atoms with E-state index in [9.17, 15) is 4.79 Å². The summed E-state index contributed by atoms with van der Waals surface area (Å²) in [6.45, 7) is 4.08. The van der Waals surface area contributed by atoms with Crippen molar-refractivity contribution < 1.29 is 14.3 Å². The predicted molar refractivity (Wildman–Crippen MR) is 78.1 cm³/mol. The van der Waals surface area contributed by atoms with Gasteiger partial charge >= 0.3 is 5.97 Å². The van der Waals surface area contributed by atoms with E-state index in [0.717, 1.165) is 17.0 Å². The van der Waals surface area contributed by atoms with E-state index in [0.29, 0.717) is 5.69 Å². The summed E-state index contributed by atoms with van der Waals surface area (Å²) in [6, 6.07) is 11.7. The van der Waals surface area contributed by atoms with Crippen LogP contribution < -0.4 is 4.74 Å². The van der Waals surface area contributed by atoms with Gasteiger partial charge in [-0.25, -0.2) is 4.79 Å². The molecule has 1 heterocycles. The van der Waals surface area contributed by atoms with Gasteiger partial charge < -0.3 is 14.0 Å². The van der Waals surface area contributed by atoms with Crippen LogP contribution in [0.15, 0.2) is 36.4 Å². The largest absolute Gasteiger partial charge is 0.497 e. The summed E-state index contributed by atoms with van der Waals surface area (Å²) < 4.78 is 12.0. The summed E-state index contributed by atoms with van der Waals surface area (Å²) >= 11 is 0. The first-order valence-corrected chi connectivity index (χ1v) is 6.52. The van der Waals surface area contributed by atoms with Crippen LogP contribution in [-0.4, -0.2) is 24.8 Å². The number of benzene rings is 1. The average molecular weight is 273 g/mol. The third-order valence-electron chi connectivity index (χ3n) is 3.21. The first-order valence-electron chi connectivity index (χ1n) is 6.52. The number of hydrogen-bond donors (Lipinski definition) is 0. The highest BCUT2D eigenvalue weighted by atomic mass is 16.5. The summed E-state index contributed by atoms with van der Waals surface area (Å²) in [5.74, 6) is 0.489. The lowest BCUT2D eigenvalue weighted by molar-refractivity contribution is 0.0587. The van der Waals surface area contributed by atoms with Gasteiger partial charge in [-0.1, -0.05) is 0 Å². The molecule has 106 valence electrons. The van der Waals surface area contributed by atoms with Crippen molar-refractivity contribution in [2.45, 2.75) is 19.9 Å². The number of nitrogens with zero attached hydrogens (tertiary/aromatic N) is 1. The van der Waals surface area contributed by atoms with Crippen molar-refractivity contribution >= 4 is 5.97 Å². The Morgan fingerprint density at radius 3 is 2.20 bits per heavy atom. The molecule has 0 aliphatic carbocycles. The van der Waals surface area contributed by atoms with E-state index in [1.54, 1.807) is 13.2 Å². The molecule has 0 aliphatic heterocycles. The molecule has 0 saturated heterocycles. The van der Waals surface area contributed by atoms with Crippen LogP contribution in [0.4, 0.5) is 0 Å². The van der Waals surface area contributed by atoms with Gasteiger partial charge in [0.15, 0.2) is 0 Å². The summed E-state index contributed by atoms with van der Waals surface area (Å²) in [6.07, 6.45) is 0. The minimum Gasteiger partial charge on any atom is -0.497 e. The summed E-state index contributed by atoms with van der Waals surface area (Å²) in [7, 11) is 3.04. The monoisotopic (exact) mass is 273 g/mol. The second-order valence-electron chi connectivity index (χ2n) is 4.79. The Morgan fingerprint density at radius 2 is 1.70 bits per heavy atom. The van der Waals surface area contributed by atoms with Gasteiger partial charge in [0.05, 0.1) is 14.2 Å². The van der Waals surface area contributed by atoms with Crippen LogP contribution in [0.5, 0.6) is 5.75 Å². The van der Waals surface area contributed by atoms with Gasteiger partial charge in [0.25, 0.3) is 0 Å². The topological polar surface area (TPSA) is 40.5 Å². The SMILES string of the molecule is COC(=O)c1ccc(-c2ccc(OC)cc2)n1C(C)C.